The van der Waals surface area contributed by atoms with Gasteiger partial charge in [-0.15, -0.1) is 24.0 Å². The molecule has 1 aromatic heterocycles. The van der Waals surface area contributed by atoms with E-state index >= 15 is 0 Å². The van der Waals surface area contributed by atoms with Crippen LogP contribution >= 0.6 is 24.0 Å². The molecule has 1 aliphatic rings. The highest BCUT2D eigenvalue weighted by atomic mass is 127. The Morgan fingerprint density at radius 2 is 2.18 bits per heavy atom. The Morgan fingerprint density at radius 3 is 3.00 bits per heavy atom. The van der Waals surface area contributed by atoms with Crippen LogP contribution in [0, 0.1) is 5.92 Å². The lowest BCUT2D eigenvalue weighted by Crippen LogP contribution is -2.40. The van der Waals surface area contributed by atoms with Gasteiger partial charge in [0.2, 0.25) is 0 Å². The molecule has 1 aliphatic heterocycles. The molecule has 1 aromatic carbocycles. The van der Waals surface area contributed by atoms with Gasteiger partial charge in [0.1, 0.15) is 0 Å². The van der Waals surface area contributed by atoms with E-state index in [0.29, 0.717) is 19.1 Å². The normalized spacial score (nSPS) is 17.1. The van der Waals surface area contributed by atoms with Gasteiger partial charge in [0.25, 0.3) is 0 Å². The van der Waals surface area contributed by atoms with E-state index in [1.54, 1.807) is 7.11 Å². The quantitative estimate of drug-likeness (QED) is 0.248. The first-order valence-electron chi connectivity index (χ1n) is 9.74. The zero-order chi connectivity index (χ0) is 18.9. The number of rotatable bonds is 9. The number of aryl methyl sites for hydroxylation is 1. The van der Waals surface area contributed by atoms with Crippen LogP contribution in [0.1, 0.15) is 12.8 Å². The summed E-state index contributed by atoms with van der Waals surface area (Å²) in [5.41, 5.74) is 2.25. The number of hydrogen-bond acceptors (Lipinski definition) is 4. The molecule has 2 aromatic rings. The summed E-state index contributed by atoms with van der Waals surface area (Å²) >= 11 is 0. The number of nitrogens with one attached hydrogen (secondary N) is 1. The number of imidazole rings is 1. The molecule has 1 atom stereocenters. The van der Waals surface area contributed by atoms with Gasteiger partial charge in [-0.25, -0.2) is 4.98 Å². The fourth-order valence-electron chi connectivity index (χ4n) is 3.52. The van der Waals surface area contributed by atoms with Crippen LogP contribution in [0.2, 0.25) is 0 Å². The van der Waals surface area contributed by atoms with E-state index in [-0.39, 0.29) is 24.0 Å². The number of guanidine groups is 1. The second-order valence-corrected chi connectivity index (χ2v) is 6.92. The first kappa shape index (κ1) is 22.9. The number of benzene rings is 1. The fraction of sp³-hybridized carbons (Fsp3) is 0.600. The molecule has 0 amide bonds. The second-order valence-electron chi connectivity index (χ2n) is 6.92. The van der Waals surface area contributed by atoms with Gasteiger partial charge in [-0.1, -0.05) is 12.1 Å². The first-order chi connectivity index (χ1) is 13.3. The topological polar surface area (TPSA) is 63.9 Å². The van der Waals surface area contributed by atoms with Crippen molar-refractivity contribution in [1.29, 1.82) is 0 Å². The van der Waals surface area contributed by atoms with Gasteiger partial charge in [0, 0.05) is 46.3 Å². The van der Waals surface area contributed by atoms with Crippen molar-refractivity contribution in [2.45, 2.75) is 19.4 Å². The predicted molar refractivity (Wildman–Crippen MR) is 124 cm³/mol. The summed E-state index contributed by atoms with van der Waals surface area (Å²) in [4.78, 5) is 11.2. The number of nitrogens with zero attached hydrogens (tertiary/aromatic N) is 4. The van der Waals surface area contributed by atoms with E-state index in [2.05, 4.69) is 43.0 Å². The van der Waals surface area contributed by atoms with Gasteiger partial charge in [0.15, 0.2) is 5.96 Å². The third-order valence-corrected chi connectivity index (χ3v) is 4.97. The van der Waals surface area contributed by atoms with E-state index in [0.717, 1.165) is 57.1 Å². The molecular weight excluding hydrogens is 469 g/mol. The molecule has 3 rings (SSSR count). The summed E-state index contributed by atoms with van der Waals surface area (Å²) in [6, 6.07) is 8.25. The number of hydrogen-bond donors (Lipinski definition) is 1. The molecule has 1 N–H and O–H groups in total. The Morgan fingerprint density at radius 1 is 1.32 bits per heavy atom. The summed E-state index contributed by atoms with van der Waals surface area (Å²) in [6.45, 7) is 5.99. The van der Waals surface area contributed by atoms with Crippen LogP contribution < -0.4 is 5.32 Å². The van der Waals surface area contributed by atoms with Gasteiger partial charge < -0.3 is 24.3 Å². The molecule has 8 heteroatoms. The molecule has 0 bridgehead atoms. The number of ether oxygens (including phenoxy) is 2. The number of para-hydroxylation sites is 2. The van der Waals surface area contributed by atoms with Crippen LogP contribution in [0.15, 0.2) is 35.6 Å². The molecule has 156 valence electrons. The summed E-state index contributed by atoms with van der Waals surface area (Å²) in [7, 11) is 3.56. The van der Waals surface area contributed by atoms with Gasteiger partial charge in [-0.2, -0.15) is 0 Å². The highest BCUT2D eigenvalue weighted by molar-refractivity contribution is 14.0. The van der Waals surface area contributed by atoms with Gasteiger partial charge in [-0.05, 0) is 25.0 Å². The first-order valence-corrected chi connectivity index (χ1v) is 9.74. The summed E-state index contributed by atoms with van der Waals surface area (Å²) in [5.74, 6) is 1.56. The SMILES string of the molecule is CN=C(NCCCn1cnc2ccccc21)N1CCC(COCCOC)C1.I. The molecule has 1 saturated heterocycles. The number of likely N-dealkylation sites (tertiary alicyclic amines) is 1. The monoisotopic (exact) mass is 501 g/mol. The second kappa shape index (κ2) is 12.2. The fourth-order valence-corrected chi connectivity index (χ4v) is 3.52. The number of fused-ring (bicyclic) bond motifs is 1. The van der Waals surface area contributed by atoms with Crippen molar-refractivity contribution in [3.8, 4) is 0 Å². The minimum Gasteiger partial charge on any atom is -0.382 e. The number of halogens is 1. The Balaban J connectivity index is 0.00000280. The van der Waals surface area contributed by atoms with Crippen molar-refractivity contribution in [2.75, 3.05) is 53.6 Å². The Bertz CT molecular complexity index is 736. The zero-order valence-corrected chi connectivity index (χ0v) is 19.2. The highest BCUT2D eigenvalue weighted by Crippen LogP contribution is 2.16. The van der Waals surface area contributed by atoms with Crippen LogP contribution in [0.4, 0.5) is 0 Å². The number of aliphatic imine (C=N–C) groups is 1. The van der Waals surface area contributed by atoms with E-state index in [1.165, 1.54) is 5.52 Å². The maximum absolute atomic E-state index is 5.67. The van der Waals surface area contributed by atoms with Crippen molar-refractivity contribution in [3.05, 3.63) is 30.6 Å². The van der Waals surface area contributed by atoms with Crippen LogP contribution in [0.5, 0.6) is 0 Å². The van der Waals surface area contributed by atoms with Crippen LogP contribution in [0.25, 0.3) is 11.0 Å². The lowest BCUT2D eigenvalue weighted by Gasteiger charge is -2.21. The maximum Gasteiger partial charge on any atom is 0.193 e. The minimum atomic E-state index is 0. The number of aromatic nitrogens is 2. The third kappa shape index (κ3) is 6.31. The molecule has 0 aliphatic carbocycles. The largest absolute Gasteiger partial charge is 0.382 e. The molecule has 0 saturated carbocycles. The number of methoxy groups -OCH3 is 1. The average molecular weight is 501 g/mol. The summed E-state index contributed by atoms with van der Waals surface area (Å²) in [5, 5.41) is 3.50. The lowest BCUT2D eigenvalue weighted by atomic mass is 10.1. The van der Waals surface area contributed by atoms with E-state index < -0.39 is 0 Å². The maximum atomic E-state index is 5.67. The van der Waals surface area contributed by atoms with Gasteiger partial charge in [-0.3, -0.25) is 4.99 Å². The van der Waals surface area contributed by atoms with Crippen molar-refractivity contribution in [1.82, 2.24) is 19.8 Å². The third-order valence-electron chi connectivity index (χ3n) is 4.97. The van der Waals surface area contributed by atoms with Gasteiger partial charge >= 0.3 is 0 Å². The van der Waals surface area contributed by atoms with Crippen molar-refractivity contribution in [3.63, 3.8) is 0 Å². The predicted octanol–water partition coefficient (Wildman–Crippen LogP) is 2.60. The highest BCUT2D eigenvalue weighted by Gasteiger charge is 2.24. The summed E-state index contributed by atoms with van der Waals surface area (Å²) < 4.78 is 12.9. The van der Waals surface area contributed by atoms with Crippen molar-refractivity contribution in [2.24, 2.45) is 10.9 Å². The van der Waals surface area contributed by atoms with Crippen molar-refractivity contribution < 1.29 is 9.47 Å². The molecule has 28 heavy (non-hydrogen) atoms. The van der Waals surface area contributed by atoms with Crippen LogP contribution in [-0.4, -0.2) is 74.0 Å². The molecule has 7 nitrogen and oxygen atoms in total. The molecule has 0 spiro atoms. The smallest absolute Gasteiger partial charge is 0.193 e. The molecule has 0 radical (unpaired) electrons. The minimum absolute atomic E-state index is 0. The van der Waals surface area contributed by atoms with Gasteiger partial charge in [0.05, 0.1) is 37.2 Å². The molecular formula is C20H32IN5O2. The standard InChI is InChI=1S/C20H31N5O2.HI/c1-21-20(24-11-8-17(14-24)15-27-13-12-26-2)22-9-5-10-25-16-23-18-6-3-4-7-19(18)25;/h3-4,6-7,16-17H,5,8-15H2,1-2H3,(H,21,22);1H. The molecule has 1 fully saturated rings. The van der Waals surface area contributed by atoms with Crippen LogP contribution in [0.3, 0.4) is 0 Å². The van der Waals surface area contributed by atoms with E-state index in [1.807, 2.05) is 19.4 Å². The van der Waals surface area contributed by atoms with Crippen LogP contribution in [-0.2, 0) is 16.0 Å². The Labute approximate surface area is 184 Å². The Kier molecular flexibility index (Phi) is 10.0. The van der Waals surface area contributed by atoms with E-state index in [9.17, 15) is 0 Å². The summed E-state index contributed by atoms with van der Waals surface area (Å²) in [6.07, 6.45) is 4.10. The zero-order valence-electron chi connectivity index (χ0n) is 16.8. The van der Waals surface area contributed by atoms with E-state index in [4.69, 9.17) is 9.47 Å². The lowest BCUT2D eigenvalue weighted by molar-refractivity contribution is 0.0536. The Hall–Kier alpha value is -1.39. The van der Waals surface area contributed by atoms with Crippen molar-refractivity contribution >= 4 is 41.0 Å². The average Bonchev–Trinajstić information content (AvgIpc) is 3.33. The molecule has 2 heterocycles. The molecule has 1 unspecified atom stereocenters.